The van der Waals surface area contributed by atoms with Crippen LogP contribution in [0.25, 0.3) is 5.82 Å². The Hall–Kier alpha value is -2.49. The SMILES string of the molecule is Cc1nnc(-n2cnc(N)n2)c(C#N)c1C. The summed E-state index contributed by atoms with van der Waals surface area (Å²) in [4.78, 5) is 3.77. The summed E-state index contributed by atoms with van der Waals surface area (Å²) in [6.07, 6.45) is 1.40. The zero-order chi connectivity index (χ0) is 11.7. The minimum atomic E-state index is 0.129. The van der Waals surface area contributed by atoms with E-state index in [0.717, 1.165) is 5.56 Å². The molecular formula is C9H9N7. The summed E-state index contributed by atoms with van der Waals surface area (Å²) in [5.74, 6) is 0.471. The molecule has 0 saturated heterocycles. The van der Waals surface area contributed by atoms with Crippen LogP contribution in [-0.4, -0.2) is 25.0 Å². The molecule has 2 heterocycles. The summed E-state index contributed by atoms with van der Waals surface area (Å²) in [5, 5.41) is 20.8. The molecular weight excluding hydrogens is 206 g/mol. The zero-order valence-electron chi connectivity index (χ0n) is 8.84. The molecule has 2 N–H and O–H groups in total. The number of nitrogens with two attached hydrogens (primary N) is 1. The molecule has 0 atom stereocenters. The highest BCUT2D eigenvalue weighted by molar-refractivity contribution is 5.48. The van der Waals surface area contributed by atoms with E-state index in [0.29, 0.717) is 17.1 Å². The normalized spacial score (nSPS) is 10.1. The van der Waals surface area contributed by atoms with Crippen LogP contribution < -0.4 is 5.73 Å². The van der Waals surface area contributed by atoms with Crippen LogP contribution in [0.4, 0.5) is 5.95 Å². The Morgan fingerprint density at radius 2 is 2.12 bits per heavy atom. The quantitative estimate of drug-likeness (QED) is 0.724. The van der Waals surface area contributed by atoms with Gasteiger partial charge >= 0.3 is 0 Å². The van der Waals surface area contributed by atoms with E-state index in [1.807, 2.05) is 6.92 Å². The van der Waals surface area contributed by atoms with Gasteiger partial charge in [-0.25, -0.2) is 4.98 Å². The Bertz CT molecular complexity index is 578. The Labute approximate surface area is 91.6 Å². The summed E-state index contributed by atoms with van der Waals surface area (Å²) in [6.45, 7) is 3.61. The minimum Gasteiger partial charge on any atom is -0.366 e. The second kappa shape index (κ2) is 3.58. The molecule has 16 heavy (non-hydrogen) atoms. The molecule has 80 valence electrons. The Morgan fingerprint density at radius 1 is 1.38 bits per heavy atom. The molecule has 2 aromatic heterocycles. The van der Waals surface area contributed by atoms with Crippen molar-refractivity contribution in [2.45, 2.75) is 13.8 Å². The third-order valence-electron chi connectivity index (χ3n) is 2.27. The van der Waals surface area contributed by atoms with Crippen molar-refractivity contribution >= 4 is 5.95 Å². The number of aromatic nitrogens is 5. The maximum Gasteiger partial charge on any atom is 0.239 e. The van der Waals surface area contributed by atoms with Crippen LogP contribution in [0, 0.1) is 25.2 Å². The second-order valence-electron chi connectivity index (χ2n) is 3.27. The fourth-order valence-electron chi connectivity index (χ4n) is 1.27. The van der Waals surface area contributed by atoms with Crippen molar-refractivity contribution < 1.29 is 0 Å². The average molecular weight is 215 g/mol. The van der Waals surface area contributed by atoms with Crippen molar-refractivity contribution in [3.8, 4) is 11.9 Å². The van der Waals surface area contributed by atoms with Gasteiger partial charge in [0, 0.05) is 0 Å². The highest BCUT2D eigenvalue weighted by Crippen LogP contribution is 2.15. The molecule has 7 nitrogen and oxygen atoms in total. The van der Waals surface area contributed by atoms with Gasteiger partial charge in [0.1, 0.15) is 18.0 Å². The van der Waals surface area contributed by atoms with Crippen molar-refractivity contribution in [3.05, 3.63) is 23.1 Å². The van der Waals surface area contributed by atoms with Gasteiger partial charge in [-0.1, -0.05) is 0 Å². The van der Waals surface area contributed by atoms with Gasteiger partial charge in [0.05, 0.1) is 5.69 Å². The predicted molar refractivity (Wildman–Crippen MR) is 55.6 cm³/mol. The van der Waals surface area contributed by atoms with E-state index in [1.165, 1.54) is 11.0 Å². The number of hydrogen-bond acceptors (Lipinski definition) is 6. The van der Waals surface area contributed by atoms with Crippen molar-refractivity contribution in [2.24, 2.45) is 0 Å². The molecule has 0 spiro atoms. The molecule has 2 rings (SSSR count). The van der Waals surface area contributed by atoms with E-state index < -0.39 is 0 Å². The van der Waals surface area contributed by atoms with Crippen LogP contribution in [0.15, 0.2) is 6.33 Å². The fraction of sp³-hybridized carbons (Fsp3) is 0.222. The molecule has 0 bridgehead atoms. The van der Waals surface area contributed by atoms with Crippen molar-refractivity contribution in [2.75, 3.05) is 5.73 Å². The smallest absolute Gasteiger partial charge is 0.239 e. The first-order valence-corrected chi connectivity index (χ1v) is 4.55. The predicted octanol–water partition coefficient (Wildman–Crippen LogP) is 0.128. The molecule has 0 fully saturated rings. The third-order valence-corrected chi connectivity index (χ3v) is 2.27. The maximum absolute atomic E-state index is 9.08. The first-order valence-electron chi connectivity index (χ1n) is 4.55. The first kappa shape index (κ1) is 10.0. The van der Waals surface area contributed by atoms with E-state index in [4.69, 9.17) is 11.0 Å². The topological polar surface area (TPSA) is 106 Å². The molecule has 0 amide bonds. The highest BCUT2D eigenvalue weighted by Gasteiger charge is 2.13. The van der Waals surface area contributed by atoms with Gasteiger partial charge in [-0.2, -0.15) is 15.0 Å². The standard InChI is InChI=1S/C9H9N7/c1-5-6(2)13-14-8(7(5)3-10)16-4-12-9(11)15-16/h4H,1-2H3,(H2,11,15). The fourth-order valence-corrected chi connectivity index (χ4v) is 1.27. The van der Waals surface area contributed by atoms with Crippen LogP contribution in [0.1, 0.15) is 16.8 Å². The molecule has 0 saturated carbocycles. The van der Waals surface area contributed by atoms with Gasteiger partial charge in [0.2, 0.25) is 5.95 Å². The lowest BCUT2D eigenvalue weighted by Crippen LogP contribution is -2.07. The summed E-state index contributed by atoms with van der Waals surface area (Å²) >= 11 is 0. The van der Waals surface area contributed by atoms with E-state index in [9.17, 15) is 0 Å². The monoisotopic (exact) mass is 215 g/mol. The molecule has 0 unspecified atom stereocenters. The van der Waals surface area contributed by atoms with Gasteiger partial charge in [-0.05, 0) is 19.4 Å². The average Bonchev–Trinajstić information content (AvgIpc) is 2.68. The van der Waals surface area contributed by atoms with E-state index in [-0.39, 0.29) is 5.95 Å². The highest BCUT2D eigenvalue weighted by atomic mass is 15.4. The zero-order valence-corrected chi connectivity index (χ0v) is 8.84. The lowest BCUT2D eigenvalue weighted by atomic mass is 10.1. The lowest BCUT2D eigenvalue weighted by Gasteiger charge is -2.05. The van der Waals surface area contributed by atoms with Gasteiger partial charge in [0.25, 0.3) is 0 Å². The van der Waals surface area contributed by atoms with Crippen molar-refractivity contribution in [1.29, 1.82) is 5.26 Å². The molecule has 2 aromatic rings. The molecule has 0 radical (unpaired) electrons. The molecule has 0 aromatic carbocycles. The minimum absolute atomic E-state index is 0.129. The number of nitriles is 1. The van der Waals surface area contributed by atoms with Crippen LogP contribution in [0.5, 0.6) is 0 Å². The third kappa shape index (κ3) is 1.46. The summed E-state index contributed by atoms with van der Waals surface area (Å²) in [7, 11) is 0. The van der Waals surface area contributed by atoms with Gasteiger partial charge in [-0.15, -0.1) is 10.2 Å². The number of hydrogen-bond donors (Lipinski definition) is 1. The van der Waals surface area contributed by atoms with Gasteiger partial charge < -0.3 is 5.73 Å². The lowest BCUT2D eigenvalue weighted by molar-refractivity contribution is 0.798. The van der Waals surface area contributed by atoms with Crippen LogP contribution in [0.3, 0.4) is 0 Å². The van der Waals surface area contributed by atoms with Crippen molar-refractivity contribution in [1.82, 2.24) is 25.0 Å². The molecule has 0 aliphatic rings. The Kier molecular flexibility index (Phi) is 2.25. The number of rotatable bonds is 1. The van der Waals surface area contributed by atoms with Crippen LogP contribution in [-0.2, 0) is 0 Å². The number of nitrogens with zero attached hydrogens (tertiary/aromatic N) is 6. The number of aryl methyl sites for hydroxylation is 1. The van der Waals surface area contributed by atoms with Crippen LogP contribution in [0.2, 0.25) is 0 Å². The summed E-state index contributed by atoms with van der Waals surface area (Å²) in [5.41, 5.74) is 7.32. The molecule has 7 heteroatoms. The Morgan fingerprint density at radius 3 is 2.69 bits per heavy atom. The van der Waals surface area contributed by atoms with E-state index in [1.54, 1.807) is 6.92 Å². The Balaban J connectivity index is 2.67. The van der Waals surface area contributed by atoms with E-state index in [2.05, 4.69) is 26.3 Å². The van der Waals surface area contributed by atoms with Gasteiger partial charge in [0.15, 0.2) is 5.82 Å². The second-order valence-corrected chi connectivity index (χ2v) is 3.27. The van der Waals surface area contributed by atoms with Crippen LogP contribution >= 0.6 is 0 Å². The molecule has 0 aliphatic carbocycles. The largest absolute Gasteiger partial charge is 0.366 e. The van der Waals surface area contributed by atoms with E-state index >= 15 is 0 Å². The molecule has 0 aliphatic heterocycles. The first-order chi connectivity index (χ1) is 7.63. The van der Waals surface area contributed by atoms with Gasteiger partial charge in [-0.3, -0.25) is 0 Å². The summed E-state index contributed by atoms with van der Waals surface area (Å²) < 4.78 is 1.34. The maximum atomic E-state index is 9.08. The number of anilines is 1. The number of nitrogen functional groups attached to an aromatic ring is 1. The summed E-state index contributed by atoms with van der Waals surface area (Å²) in [6, 6.07) is 2.08. The van der Waals surface area contributed by atoms with Crippen molar-refractivity contribution in [3.63, 3.8) is 0 Å².